The number of rotatable bonds is 3. The van der Waals surface area contributed by atoms with Gasteiger partial charge >= 0.3 is 0 Å². The Bertz CT molecular complexity index is 246. The van der Waals surface area contributed by atoms with Crippen LogP contribution in [-0.2, 0) is 0 Å². The van der Waals surface area contributed by atoms with Crippen LogP contribution < -0.4 is 10.9 Å². The van der Waals surface area contributed by atoms with Gasteiger partial charge in [-0.25, -0.2) is 0 Å². The van der Waals surface area contributed by atoms with E-state index in [9.17, 15) is 0 Å². The average Bonchev–Trinajstić information content (AvgIpc) is 2.93. The van der Waals surface area contributed by atoms with Crippen molar-refractivity contribution in [2.45, 2.75) is 19.3 Å². The topological polar surface area (TPSA) is 24.1 Å². The molecule has 2 nitrogen and oxygen atoms in total. The molecule has 4 rings (SSSR count). The minimum absolute atomic E-state index is 0.952. The van der Waals surface area contributed by atoms with Gasteiger partial charge in [0.1, 0.15) is 0 Å². The Morgan fingerprint density at radius 1 is 1.54 bits per heavy atom. The standard InChI is InChI=1S/C11H18N2/c1-12-13-6-9-10-7-2-3-8(5-4-7)11(9)10/h2,8-13H,3-6H2,1H3. The second-order valence-corrected chi connectivity index (χ2v) is 4.71. The van der Waals surface area contributed by atoms with Crippen molar-refractivity contribution in [1.29, 1.82) is 0 Å². The van der Waals surface area contributed by atoms with Gasteiger partial charge in [-0.3, -0.25) is 10.9 Å². The summed E-state index contributed by atoms with van der Waals surface area (Å²) in [7, 11) is 1.96. The summed E-state index contributed by atoms with van der Waals surface area (Å²) in [6.07, 6.45) is 6.78. The number of hydrogen-bond donors (Lipinski definition) is 2. The quantitative estimate of drug-likeness (QED) is 0.503. The zero-order chi connectivity index (χ0) is 8.84. The lowest BCUT2D eigenvalue weighted by molar-refractivity contribution is 0.349. The van der Waals surface area contributed by atoms with Gasteiger partial charge in [0.15, 0.2) is 0 Å². The molecule has 0 aliphatic heterocycles. The molecular formula is C11H18N2. The predicted octanol–water partition coefficient (Wildman–Crippen LogP) is 1.31. The first-order valence-electron chi connectivity index (χ1n) is 5.50. The molecule has 0 saturated heterocycles. The lowest BCUT2D eigenvalue weighted by Crippen LogP contribution is -2.30. The molecule has 2 saturated carbocycles. The summed E-state index contributed by atoms with van der Waals surface area (Å²) in [6.45, 7) is 1.17. The summed E-state index contributed by atoms with van der Waals surface area (Å²) in [5.74, 6) is 4.02. The van der Waals surface area contributed by atoms with E-state index in [0.29, 0.717) is 0 Å². The van der Waals surface area contributed by atoms with Crippen LogP contribution in [0.15, 0.2) is 11.6 Å². The predicted molar refractivity (Wildman–Crippen MR) is 53.0 cm³/mol. The van der Waals surface area contributed by atoms with Crippen LogP contribution in [0.3, 0.4) is 0 Å². The first kappa shape index (κ1) is 8.01. The molecule has 2 N–H and O–H groups in total. The van der Waals surface area contributed by atoms with Crippen LogP contribution in [0.25, 0.3) is 0 Å². The Morgan fingerprint density at radius 2 is 2.46 bits per heavy atom. The van der Waals surface area contributed by atoms with E-state index < -0.39 is 0 Å². The molecule has 0 heterocycles. The lowest BCUT2D eigenvalue weighted by Gasteiger charge is -2.27. The van der Waals surface area contributed by atoms with Gasteiger partial charge in [-0.1, -0.05) is 11.6 Å². The fourth-order valence-electron chi connectivity index (χ4n) is 3.58. The van der Waals surface area contributed by atoms with Crippen molar-refractivity contribution >= 4 is 0 Å². The molecule has 4 atom stereocenters. The van der Waals surface area contributed by atoms with Gasteiger partial charge < -0.3 is 0 Å². The summed E-state index contributed by atoms with van der Waals surface area (Å²) < 4.78 is 0. The van der Waals surface area contributed by atoms with Crippen molar-refractivity contribution in [2.24, 2.45) is 23.7 Å². The maximum absolute atomic E-state index is 3.26. The van der Waals surface area contributed by atoms with Gasteiger partial charge in [-0.05, 0) is 50.0 Å². The van der Waals surface area contributed by atoms with E-state index in [0.717, 1.165) is 23.7 Å². The monoisotopic (exact) mass is 178 g/mol. The molecule has 2 heteroatoms. The number of hydrogen-bond acceptors (Lipinski definition) is 2. The zero-order valence-corrected chi connectivity index (χ0v) is 8.22. The molecule has 0 spiro atoms. The highest BCUT2D eigenvalue weighted by molar-refractivity contribution is 5.28. The molecule has 2 bridgehead atoms. The molecule has 0 aromatic heterocycles. The molecule has 2 fully saturated rings. The second kappa shape index (κ2) is 2.82. The maximum Gasteiger partial charge on any atom is 0.0137 e. The van der Waals surface area contributed by atoms with Gasteiger partial charge in [0.05, 0.1) is 0 Å². The average molecular weight is 178 g/mol. The summed E-state index contributed by atoms with van der Waals surface area (Å²) in [6, 6.07) is 0. The van der Waals surface area contributed by atoms with E-state index in [1.165, 1.54) is 25.8 Å². The molecule has 0 amide bonds. The molecule has 13 heavy (non-hydrogen) atoms. The number of allylic oxidation sites excluding steroid dienone is 2. The Balaban J connectivity index is 1.69. The third-order valence-electron chi connectivity index (χ3n) is 4.20. The van der Waals surface area contributed by atoms with Gasteiger partial charge in [0, 0.05) is 6.54 Å². The van der Waals surface area contributed by atoms with Crippen LogP contribution in [0.2, 0.25) is 0 Å². The summed E-state index contributed by atoms with van der Waals surface area (Å²) >= 11 is 0. The van der Waals surface area contributed by atoms with E-state index in [1.807, 2.05) is 7.05 Å². The van der Waals surface area contributed by atoms with Gasteiger partial charge in [-0.15, -0.1) is 0 Å². The lowest BCUT2D eigenvalue weighted by atomic mass is 9.78. The molecule has 0 aromatic carbocycles. The van der Waals surface area contributed by atoms with Crippen molar-refractivity contribution in [3.05, 3.63) is 11.6 Å². The maximum atomic E-state index is 3.26. The van der Waals surface area contributed by atoms with Gasteiger partial charge in [0.25, 0.3) is 0 Å². The summed E-state index contributed by atoms with van der Waals surface area (Å²) in [5.41, 5.74) is 8.07. The number of fused-ring (bicyclic) bond motifs is 2. The molecule has 4 aliphatic rings. The van der Waals surface area contributed by atoms with Crippen LogP contribution in [-0.4, -0.2) is 13.6 Å². The molecular weight excluding hydrogens is 160 g/mol. The van der Waals surface area contributed by atoms with Crippen molar-refractivity contribution in [2.75, 3.05) is 13.6 Å². The fraction of sp³-hybridized carbons (Fsp3) is 0.818. The Hall–Kier alpha value is -0.340. The van der Waals surface area contributed by atoms with E-state index in [2.05, 4.69) is 16.9 Å². The number of nitrogens with one attached hydrogen (secondary N) is 2. The Kier molecular flexibility index (Phi) is 1.74. The molecule has 72 valence electrons. The van der Waals surface area contributed by atoms with Gasteiger partial charge in [0.2, 0.25) is 0 Å². The van der Waals surface area contributed by atoms with Crippen molar-refractivity contribution in [1.82, 2.24) is 10.9 Å². The highest BCUT2D eigenvalue weighted by atomic mass is 15.3. The van der Waals surface area contributed by atoms with Crippen LogP contribution in [0.5, 0.6) is 0 Å². The summed E-state index contributed by atoms with van der Waals surface area (Å²) in [5, 5.41) is 0. The zero-order valence-electron chi connectivity index (χ0n) is 8.22. The Labute approximate surface area is 79.8 Å². The molecule has 4 aliphatic carbocycles. The van der Waals surface area contributed by atoms with Crippen LogP contribution in [0.4, 0.5) is 0 Å². The third-order valence-corrected chi connectivity index (χ3v) is 4.20. The second-order valence-electron chi connectivity index (χ2n) is 4.71. The van der Waals surface area contributed by atoms with Crippen molar-refractivity contribution < 1.29 is 0 Å². The third kappa shape index (κ3) is 1.09. The first-order valence-corrected chi connectivity index (χ1v) is 5.50. The minimum Gasteiger partial charge on any atom is -0.261 e. The highest BCUT2D eigenvalue weighted by Crippen LogP contribution is 2.63. The smallest absolute Gasteiger partial charge is 0.0137 e. The molecule has 0 radical (unpaired) electrons. The van der Waals surface area contributed by atoms with E-state index in [1.54, 1.807) is 5.57 Å². The Morgan fingerprint density at radius 3 is 3.00 bits per heavy atom. The largest absolute Gasteiger partial charge is 0.261 e. The van der Waals surface area contributed by atoms with Crippen LogP contribution in [0.1, 0.15) is 19.3 Å². The van der Waals surface area contributed by atoms with Crippen molar-refractivity contribution in [3.8, 4) is 0 Å². The first-order chi connectivity index (χ1) is 6.42. The van der Waals surface area contributed by atoms with Gasteiger partial charge in [-0.2, -0.15) is 0 Å². The van der Waals surface area contributed by atoms with E-state index in [4.69, 9.17) is 0 Å². The van der Waals surface area contributed by atoms with E-state index in [-0.39, 0.29) is 0 Å². The normalized spacial score (nSPS) is 45.8. The summed E-state index contributed by atoms with van der Waals surface area (Å²) in [4.78, 5) is 0. The number of hydrazine groups is 1. The minimum atomic E-state index is 0.952. The molecule has 4 unspecified atom stereocenters. The highest BCUT2D eigenvalue weighted by Gasteiger charge is 2.58. The van der Waals surface area contributed by atoms with Crippen molar-refractivity contribution in [3.63, 3.8) is 0 Å². The fourth-order valence-corrected chi connectivity index (χ4v) is 3.58. The SMILES string of the molecule is CNNCC1C2C3=CCC(CC3)C12. The molecule has 0 aromatic rings. The van der Waals surface area contributed by atoms with Crippen LogP contribution >= 0.6 is 0 Å². The van der Waals surface area contributed by atoms with E-state index >= 15 is 0 Å². The van der Waals surface area contributed by atoms with Crippen LogP contribution in [0, 0.1) is 23.7 Å².